The van der Waals surface area contributed by atoms with Crippen LogP contribution >= 0.6 is 11.6 Å². The van der Waals surface area contributed by atoms with Crippen molar-refractivity contribution in [1.82, 2.24) is 10.2 Å². The number of halogens is 1. The lowest BCUT2D eigenvalue weighted by Gasteiger charge is -2.39. The van der Waals surface area contributed by atoms with Crippen molar-refractivity contribution >= 4 is 17.5 Å². The van der Waals surface area contributed by atoms with E-state index in [1.807, 2.05) is 23.1 Å². The maximum atomic E-state index is 13.7. The third-order valence-corrected chi connectivity index (χ3v) is 7.06. The van der Waals surface area contributed by atoms with Crippen LogP contribution in [0.1, 0.15) is 51.5 Å². The van der Waals surface area contributed by atoms with Crippen molar-refractivity contribution < 1.29 is 14.3 Å². The van der Waals surface area contributed by atoms with E-state index in [-0.39, 0.29) is 11.3 Å². The molecule has 2 heterocycles. The first-order valence-corrected chi connectivity index (χ1v) is 10.9. The molecule has 0 aromatic heterocycles. The van der Waals surface area contributed by atoms with Gasteiger partial charge in [-0.15, -0.1) is 0 Å². The minimum atomic E-state index is -0.317. The second-order valence-corrected chi connectivity index (χ2v) is 9.27. The summed E-state index contributed by atoms with van der Waals surface area (Å²) in [7, 11) is 0. The van der Waals surface area contributed by atoms with Gasteiger partial charge in [0.05, 0.1) is 12.0 Å². The Balaban J connectivity index is 1.46. The fourth-order valence-corrected chi connectivity index (χ4v) is 5.23. The number of amides is 1. The Kier molecular flexibility index (Phi) is 5.86. The minimum Gasteiger partial charge on any atom is -0.473 e. The molecule has 2 aliphatic heterocycles. The molecule has 2 fully saturated rings. The summed E-state index contributed by atoms with van der Waals surface area (Å²) in [6.45, 7) is 6.94. The molecular weight excluding hydrogens is 376 g/mol. The van der Waals surface area contributed by atoms with Crippen LogP contribution in [-0.2, 0) is 16.1 Å². The van der Waals surface area contributed by atoms with Crippen molar-refractivity contribution in [1.29, 1.82) is 0 Å². The molecule has 1 N–H and O–H groups in total. The summed E-state index contributed by atoms with van der Waals surface area (Å²) >= 11 is 6.14. The van der Waals surface area contributed by atoms with Gasteiger partial charge in [0.2, 0.25) is 5.91 Å². The van der Waals surface area contributed by atoms with Crippen molar-refractivity contribution in [2.45, 2.75) is 64.6 Å². The second kappa shape index (κ2) is 8.21. The highest BCUT2D eigenvalue weighted by atomic mass is 35.5. The molecule has 1 aromatic carbocycles. The molecule has 6 heteroatoms. The number of carbonyl (C=O) groups is 1. The van der Waals surface area contributed by atoms with Crippen molar-refractivity contribution in [2.24, 2.45) is 11.3 Å². The van der Waals surface area contributed by atoms with Gasteiger partial charge >= 0.3 is 0 Å². The van der Waals surface area contributed by atoms with E-state index in [1.54, 1.807) is 0 Å². The van der Waals surface area contributed by atoms with E-state index in [4.69, 9.17) is 21.1 Å². The molecule has 0 bridgehead atoms. The largest absolute Gasteiger partial charge is 0.473 e. The third-order valence-electron chi connectivity index (χ3n) is 6.82. The summed E-state index contributed by atoms with van der Waals surface area (Å²) in [6.07, 6.45) is 5.02. The molecule has 1 saturated heterocycles. The Morgan fingerprint density at radius 2 is 2.04 bits per heavy atom. The molecule has 4 rings (SSSR count). The van der Waals surface area contributed by atoms with Gasteiger partial charge in [0.15, 0.2) is 6.73 Å². The van der Waals surface area contributed by atoms with E-state index in [0.717, 1.165) is 56.6 Å². The molecule has 0 unspecified atom stereocenters. The summed E-state index contributed by atoms with van der Waals surface area (Å²) in [4.78, 5) is 15.5. The quantitative estimate of drug-likeness (QED) is 0.821. The molecule has 1 aliphatic carbocycles. The van der Waals surface area contributed by atoms with Gasteiger partial charge in [0.25, 0.3) is 0 Å². The summed E-state index contributed by atoms with van der Waals surface area (Å²) in [5, 5.41) is 4.49. The van der Waals surface area contributed by atoms with Gasteiger partial charge in [-0.1, -0.05) is 25.4 Å². The molecule has 154 valence electrons. The Morgan fingerprint density at radius 1 is 1.25 bits per heavy atom. The van der Waals surface area contributed by atoms with Crippen LogP contribution < -0.4 is 10.1 Å². The maximum absolute atomic E-state index is 13.7. The van der Waals surface area contributed by atoms with Crippen LogP contribution in [0.25, 0.3) is 0 Å². The second-order valence-electron chi connectivity index (χ2n) is 8.83. The first kappa shape index (κ1) is 20.0. The minimum absolute atomic E-state index is 0.226. The number of rotatable bonds is 4. The van der Waals surface area contributed by atoms with Crippen LogP contribution in [0.3, 0.4) is 0 Å². The predicted molar refractivity (Wildman–Crippen MR) is 109 cm³/mol. The maximum Gasteiger partial charge on any atom is 0.232 e. The van der Waals surface area contributed by atoms with Crippen molar-refractivity contribution in [3.63, 3.8) is 0 Å². The van der Waals surface area contributed by atoms with Gasteiger partial charge in [-0.2, -0.15) is 0 Å². The highest BCUT2D eigenvalue weighted by molar-refractivity contribution is 6.30. The van der Waals surface area contributed by atoms with Gasteiger partial charge in [0, 0.05) is 35.9 Å². The zero-order valence-electron chi connectivity index (χ0n) is 16.9. The molecule has 2 atom stereocenters. The van der Waals surface area contributed by atoms with Gasteiger partial charge < -0.3 is 19.7 Å². The number of hydrogen-bond acceptors (Lipinski definition) is 4. The van der Waals surface area contributed by atoms with E-state index in [1.165, 1.54) is 0 Å². The van der Waals surface area contributed by atoms with Crippen molar-refractivity contribution in [3.8, 4) is 5.75 Å². The lowest BCUT2D eigenvalue weighted by Crippen LogP contribution is -2.49. The Hall–Kier alpha value is -1.30. The van der Waals surface area contributed by atoms with Crippen LogP contribution in [0, 0.1) is 11.3 Å². The first-order valence-electron chi connectivity index (χ1n) is 10.5. The number of nitrogens with one attached hydrogen (secondary N) is 1. The summed E-state index contributed by atoms with van der Waals surface area (Å²) in [5.74, 6) is 1.35. The van der Waals surface area contributed by atoms with Gasteiger partial charge in [-0.05, 0) is 56.2 Å². The Morgan fingerprint density at radius 3 is 2.79 bits per heavy atom. The molecule has 0 spiro atoms. The van der Waals surface area contributed by atoms with Crippen LogP contribution in [0.15, 0.2) is 18.2 Å². The number of hydrogen-bond donors (Lipinski definition) is 1. The zero-order chi connectivity index (χ0) is 19.7. The molecule has 1 amide bonds. The highest BCUT2D eigenvalue weighted by Crippen LogP contribution is 2.47. The predicted octanol–water partition coefficient (Wildman–Crippen LogP) is 3.98. The van der Waals surface area contributed by atoms with Gasteiger partial charge in [-0.25, -0.2) is 0 Å². The van der Waals surface area contributed by atoms with Crippen LogP contribution in [0.4, 0.5) is 0 Å². The fourth-order valence-electron chi connectivity index (χ4n) is 5.04. The fraction of sp³-hybridized carbons (Fsp3) is 0.682. The number of carbonyl (C=O) groups excluding carboxylic acids is 1. The molecule has 5 nitrogen and oxygen atoms in total. The molecule has 28 heavy (non-hydrogen) atoms. The van der Waals surface area contributed by atoms with Crippen LogP contribution in [0.2, 0.25) is 5.02 Å². The summed E-state index contributed by atoms with van der Waals surface area (Å²) < 4.78 is 11.3. The van der Waals surface area contributed by atoms with E-state index in [9.17, 15) is 4.79 Å². The topological polar surface area (TPSA) is 50.8 Å². The standard InChI is InChI=1S/C22H31ClN2O3/c1-15(2)22(8-5-19(12-22)24-18-6-9-27-10-7-18)21(26)25-13-16-11-17(23)3-4-20(16)28-14-25/h3-4,11,15,18-19,24H,5-10,12-14H2,1-2H3/t19-,22+/m0/s1. The summed E-state index contributed by atoms with van der Waals surface area (Å²) in [5.41, 5.74) is 0.670. The van der Waals surface area contributed by atoms with Crippen LogP contribution in [0.5, 0.6) is 5.75 Å². The van der Waals surface area contributed by atoms with Crippen molar-refractivity contribution in [2.75, 3.05) is 19.9 Å². The van der Waals surface area contributed by atoms with E-state index >= 15 is 0 Å². The number of benzene rings is 1. The smallest absolute Gasteiger partial charge is 0.232 e. The Labute approximate surface area is 172 Å². The lowest BCUT2D eigenvalue weighted by molar-refractivity contribution is -0.149. The molecule has 1 aromatic rings. The third kappa shape index (κ3) is 3.89. The Bertz CT molecular complexity index is 720. The van der Waals surface area contributed by atoms with Crippen molar-refractivity contribution in [3.05, 3.63) is 28.8 Å². The molecule has 0 radical (unpaired) electrons. The average molecular weight is 407 g/mol. The average Bonchev–Trinajstić information content (AvgIpc) is 3.13. The SMILES string of the molecule is CC(C)[C@@]1(C(=O)N2COc3ccc(Cl)cc3C2)CC[C@H](NC2CCOCC2)C1. The van der Waals surface area contributed by atoms with Gasteiger partial charge in [0.1, 0.15) is 5.75 Å². The molecule has 1 saturated carbocycles. The molecular formula is C22H31ClN2O3. The van der Waals surface area contributed by atoms with E-state index < -0.39 is 0 Å². The number of ether oxygens (including phenoxy) is 2. The lowest BCUT2D eigenvalue weighted by atomic mass is 9.74. The number of fused-ring (bicyclic) bond motifs is 1. The molecule has 3 aliphatic rings. The normalized spacial score (nSPS) is 28.3. The summed E-state index contributed by atoms with van der Waals surface area (Å²) in [6, 6.07) is 6.55. The first-order chi connectivity index (χ1) is 13.5. The van der Waals surface area contributed by atoms with E-state index in [2.05, 4.69) is 19.2 Å². The highest BCUT2D eigenvalue weighted by Gasteiger charge is 2.50. The van der Waals surface area contributed by atoms with Gasteiger partial charge in [-0.3, -0.25) is 4.79 Å². The monoisotopic (exact) mass is 406 g/mol. The number of nitrogens with zero attached hydrogens (tertiary/aromatic N) is 1. The zero-order valence-corrected chi connectivity index (χ0v) is 17.6. The van der Waals surface area contributed by atoms with E-state index in [0.29, 0.717) is 36.3 Å². The van der Waals surface area contributed by atoms with Crippen LogP contribution in [-0.4, -0.2) is 42.8 Å².